The highest BCUT2D eigenvalue weighted by Crippen LogP contribution is 2.26. The van der Waals surface area contributed by atoms with Gasteiger partial charge >= 0.3 is 0 Å². The molecule has 1 aliphatic rings. The number of rotatable bonds is 6. The Kier molecular flexibility index (Phi) is 8.59. The topological polar surface area (TPSA) is 64.4 Å². The highest BCUT2D eigenvalue weighted by atomic mass is 35.5. The Hall–Kier alpha value is -1.10. The van der Waals surface area contributed by atoms with E-state index in [-0.39, 0.29) is 24.4 Å². The van der Waals surface area contributed by atoms with Gasteiger partial charge in [0.2, 0.25) is 5.91 Å². The van der Waals surface area contributed by atoms with Crippen molar-refractivity contribution in [1.82, 2.24) is 0 Å². The molecule has 1 fully saturated rings. The fourth-order valence-corrected chi connectivity index (χ4v) is 2.99. The Bertz CT molecular complexity index is 494. The molecule has 1 aromatic carbocycles. The van der Waals surface area contributed by atoms with Crippen molar-refractivity contribution >= 4 is 24.0 Å². The molecule has 0 saturated heterocycles. The zero-order valence-electron chi connectivity index (χ0n) is 14.1. The van der Waals surface area contributed by atoms with Gasteiger partial charge in [-0.2, -0.15) is 0 Å². The molecule has 1 aromatic rings. The van der Waals surface area contributed by atoms with Gasteiger partial charge in [-0.3, -0.25) is 4.79 Å². The quantitative estimate of drug-likeness (QED) is 0.826. The average Bonchev–Trinajstić information content (AvgIpc) is 2.44. The third-order valence-electron chi connectivity index (χ3n) is 4.09. The van der Waals surface area contributed by atoms with Crippen LogP contribution in [0.3, 0.4) is 0 Å². The van der Waals surface area contributed by atoms with Crippen LogP contribution in [0.1, 0.15) is 51.5 Å². The lowest BCUT2D eigenvalue weighted by atomic mass is 9.89. The molecule has 1 saturated carbocycles. The molecule has 1 amide bonds. The second-order valence-corrected chi connectivity index (χ2v) is 6.63. The van der Waals surface area contributed by atoms with Crippen molar-refractivity contribution in [1.29, 1.82) is 0 Å². The zero-order chi connectivity index (χ0) is 15.9. The first-order chi connectivity index (χ1) is 10.5. The summed E-state index contributed by atoms with van der Waals surface area (Å²) in [6, 6.07) is 7.73. The first-order valence-electron chi connectivity index (χ1n) is 8.29. The summed E-state index contributed by atoms with van der Waals surface area (Å²) in [5.74, 6) is 0.719. The van der Waals surface area contributed by atoms with E-state index in [0.717, 1.165) is 30.0 Å². The van der Waals surface area contributed by atoms with E-state index in [1.807, 2.05) is 31.2 Å². The lowest BCUT2D eigenvalue weighted by Crippen LogP contribution is -2.24. The SMILES string of the molecule is CC(N)CC(=O)Nc1cccc(COC2CCCC(C)C2)c1.Cl. The summed E-state index contributed by atoms with van der Waals surface area (Å²) in [7, 11) is 0. The molecule has 3 N–H and O–H groups in total. The van der Waals surface area contributed by atoms with Crippen molar-refractivity contribution in [2.45, 2.75) is 64.7 Å². The number of nitrogens with two attached hydrogens (primary N) is 1. The van der Waals surface area contributed by atoms with Gasteiger partial charge in [-0.1, -0.05) is 31.9 Å². The minimum Gasteiger partial charge on any atom is -0.374 e. The third kappa shape index (κ3) is 7.34. The molecule has 0 radical (unpaired) electrons. The van der Waals surface area contributed by atoms with Gasteiger partial charge in [0, 0.05) is 18.2 Å². The maximum Gasteiger partial charge on any atom is 0.225 e. The molecule has 1 aliphatic carbocycles. The van der Waals surface area contributed by atoms with Crippen molar-refractivity contribution in [2.75, 3.05) is 5.32 Å². The van der Waals surface area contributed by atoms with Gasteiger partial charge in [0.1, 0.15) is 0 Å². The zero-order valence-corrected chi connectivity index (χ0v) is 14.9. The summed E-state index contributed by atoms with van der Waals surface area (Å²) in [6.07, 6.45) is 5.61. The van der Waals surface area contributed by atoms with Crippen LogP contribution in [0.4, 0.5) is 5.69 Å². The molecule has 3 unspecified atom stereocenters. The van der Waals surface area contributed by atoms with Crippen LogP contribution in [0, 0.1) is 5.92 Å². The summed E-state index contributed by atoms with van der Waals surface area (Å²) >= 11 is 0. The number of ether oxygens (including phenoxy) is 1. The molecular formula is C18H29ClN2O2. The van der Waals surface area contributed by atoms with Crippen LogP contribution in [-0.2, 0) is 16.1 Å². The highest BCUT2D eigenvalue weighted by Gasteiger charge is 2.19. The third-order valence-corrected chi connectivity index (χ3v) is 4.09. The van der Waals surface area contributed by atoms with Gasteiger partial charge in [-0.25, -0.2) is 0 Å². The number of nitrogens with one attached hydrogen (secondary N) is 1. The number of carbonyl (C=O) groups is 1. The van der Waals surface area contributed by atoms with Gasteiger partial charge in [-0.15, -0.1) is 12.4 Å². The standard InChI is InChI=1S/C18H28N2O2.ClH/c1-13-5-3-8-17(9-13)22-12-15-6-4-7-16(11-15)20-18(21)10-14(2)19;/h4,6-7,11,13-14,17H,3,5,8-10,12,19H2,1-2H3,(H,20,21);1H. The first-order valence-corrected chi connectivity index (χ1v) is 8.29. The summed E-state index contributed by atoms with van der Waals surface area (Å²) in [4.78, 5) is 11.8. The predicted octanol–water partition coefficient (Wildman–Crippen LogP) is 3.88. The number of amides is 1. The number of halogens is 1. The van der Waals surface area contributed by atoms with Crippen LogP contribution in [0.2, 0.25) is 0 Å². The van der Waals surface area contributed by atoms with Gasteiger partial charge in [0.05, 0.1) is 12.7 Å². The lowest BCUT2D eigenvalue weighted by Gasteiger charge is -2.26. The van der Waals surface area contributed by atoms with Crippen LogP contribution in [0.5, 0.6) is 0 Å². The van der Waals surface area contributed by atoms with Crippen LogP contribution < -0.4 is 11.1 Å². The monoisotopic (exact) mass is 340 g/mol. The molecular weight excluding hydrogens is 312 g/mol. The Morgan fingerprint density at radius 2 is 2.22 bits per heavy atom. The molecule has 0 aromatic heterocycles. The lowest BCUT2D eigenvalue weighted by molar-refractivity contribution is -0.116. The van der Waals surface area contributed by atoms with Gasteiger partial charge < -0.3 is 15.8 Å². The van der Waals surface area contributed by atoms with E-state index in [4.69, 9.17) is 10.5 Å². The highest BCUT2D eigenvalue weighted by molar-refractivity contribution is 5.91. The maximum absolute atomic E-state index is 11.8. The average molecular weight is 341 g/mol. The predicted molar refractivity (Wildman–Crippen MR) is 96.8 cm³/mol. The van der Waals surface area contributed by atoms with Crippen molar-refractivity contribution < 1.29 is 9.53 Å². The van der Waals surface area contributed by atoms with E-state index in [9.17, 15) is 4.79 Å². The van der Waals surface area contributed by atoms with Crippen LogP contribution in [-0.4, -0.2) is 18.1 Å². The second kappa shape index (κ2) is 9.91. The Labute approximate surface area is 145 Å². The fraction of sp³-hybridized carbons (Fsp3) is 0.611. The van der Waals surface area contributed by atoms with Crippen LogP contribution in [0.15, 0.2) is 24.3 Å². The normalized spacial score (nSPS) is 22.0. The molecule has 0 spiro atoms. The van der Waals surface area contributed by atoms with Gasteiger partial charge in [-0.05, 0) is 43.4 Å². The van der Waals surface area contributed by atoms with Crippen LogP contribution in [0.25, 0.3) is 0 Å². The molecule has 130 valence electrons. The van der Waals surface area contributed by atoms with Crippen molar-refractivity contribution in [3.8, 4) is 0 Å². The molecule has 4 nitrogen and oxygen atoms in total. The Morgan fingerprint density at radius 3 is 2.91 bits per heavy atom. The number of hydrogen-bond acceptors (Lipinski definition) is 3. The molecule has 3 atom stereocenters. The number of anilines is 1. The summed E-state index contributed by atoms with van der Waals surface area (Å²) < 4.78 is 6.03. The minimum absolute atomic E-state index is 0. The van der Waals surface area contributed by atoms with Crippen molar-refractivity contribution in [3.63, 3.8) is 0 Å². The van der Waals surface area contributed by atoms with E-state index in [0.29, 0.717) is 19.1 Å². The smallest absolute Gasteiger partial charge is 0.225 e. The Morgan fingerprint density at radius 1 is 1.43 bits per heavy atom. The van der Waals surface area contributed by atoms with Crippen molar-refractivity contribution in [3.05, 3.63) is 29.8 Å². The second-order valence-electron chi connectivity index (χ2n) is 6.63. The van der Waals surface area contributed by atoms with E-state index < -0.39 is 0 Å². The number of hydrogen-bond donors (Lipinski definition) is 2. The van der Waals surface area contributed by atoms with Crippen molar-refractivity contribution in [2.24, 2.45) is 11.7 Å². The summed E-state index contributed by atoms with van der Waals surface area (Å²) in [5.41, 5.74) is 7.54. The maximum atomic E-state index is 11.8. The summed E-state index contributed by atoms with van der Waals surface area (Å²) in [6.45, 7) is 4.73. The molecule has 2 rings (SSSR count). The van der Waals surface area contributed by atoms with E-state index in [2.05, 4.69) is 12.2 Å². The summed E-state index contributed by atoms with van der Waals surface area (Å²) in [5, 5.41) is 2.88. The fourth-order valence-electron chi connectivity index (χ4n) is 2.99. The molecule has 0 aliphatic heterocycles. The number of carbonyl (C=O) groups excluding carboxylic acids is 1. The van der Waals surface area contributed by atoms with Gasteiger partial charge in [0.15, 0.2) is 0 Å². The van der Waals surface area contributed by atoms with E-state index in [1.165, 1.54) is 12.8 Å². The molecule has 23 heavy (non-hydrogen) atoms. The number of benzene rings is 1. The minimum atomic E-state index is -0.125. The van der Waals surface area contributed by atoms with E-state index in [1.54, 1.807) is 0 Å². The molecule has 5 heteroatoms. The van der Waals surface area contributed by atoms with Gasteiger partial charge in [0.25, 0.3) is 0 Å². The largest absolute Gasteiger partial charge is 0.374 e. The van der Waals surface area contributed by atoms with E-state index >= 15 is 0 Å². The molecule has 0 heterocycles. The first kappa shape index (κ1) is 19.9. The van der Waals surface area contributed by atoms with Crippen LogP contribution >= 0.6 is 12.4 Å². The molecule has 0 bridgehead atoms. The Balaban J connectivity index is 0.00000264.